The second-order valence-electron chi connectivity index (χ2n) is 7.94. The van der Waals surface area contributed by atoms with E-state index >= 15 is 0 Å². The number of rotatable bonds is 3. The Kier molecular flexibility index (Phi) is 5.54. The summed E-state index contributed by atoms with van der Waals surface area (Å²) in [5, 5.41) is 11.4. The Morgan fingerprint density at radius 1 is 1.14 bits per heavy atom. The van der Waals surface area contributed by atoms with Crippen molar-refractivity contribution in [2.24, 2.45) is 5.73 Å². The summed E-state index contributed by atoms with van der Waals surface area (Å²) in [5.74, 6) is 0.467. The van der Waals surface area contributed by atoms with E-state index in [1.165, 1.54) is 33.0 Å². The molecule has 3 aromatic rings. The second-order valence-corrected chi connectivity index (χ2v) is 7.94. The summed E-state index contributed by atoms with van der Waals surface area (Å²) < 4.78 is 5.53. The molecule has 4 nitrogen and oxygen atoms in total. The van der Waals surface area contributed by atoms with Crippen LogP contribution in [0.4, 0.5) is 0 Å². The number of hydrogen-bond acceptors (Lipinski definition) is 3. The van der Waals surface area contributed by atoms with Gasteiger partial charge in [0, 0.05) is 18.0 Å². The van der Waals surface area contributed by atoms with Crippen LogP contribution in [0.15, 0.2) is 54.6 Å². The van der Waals surface area contributed by atoms with E-state index in [-0.39, 0.29) is 18.4 Å². The fourth-order valence-electron chi connectivity index (χ4n) is 4.46. The summed E-state index contributed by atoms with van der Waals surface area (Å²) in [5.41, 5.74) is 10.9. The average Bonchev–Trinajstić information content (AvgIpc) is 3.34. The zero-order chi connectivity index (χ0) is 20.4. The van der Waals surface area contributed by atoms with Crippen molar-refractivity contribution in [2.75, 3.05) is 6.61 Å². The van der Waals surface area contributed by atoms with Gasteiger partial charge in [0.05, 0.1) is 13.0 Å². The van der Waals surface area contributed by atoms with Crippen molar-refractivity contribution < 1.29 is 14.6 Å². The van der Waals surface area contributed by atoms with Gasteiger partial charge in [0.15, 0.2) is 0 Å². The van der Waals surface area contributed by atoms with Crippen molar-refractivity contribution in [3.05, 3.63) is 76.9 Å². The first-order valence-corrected chi connectivity index (χ1v) is 10.3. The van der Waals surface area contributed by atoms with Crippen LogP contribution >= 0.6 is 0 Å². The van der Waals surface area contributed by atoms with Gasteiger partial charge in [0.2, 0.25) is 0 Å². The highest BCUT2D eigenvalue weighted by atomic mass is 16.5. The molecular formula is C25H27NO3. The number of benzene rings is 3. The van der Waals surface area contributed by atoms with E-state index in [1.54, 1.807) is 0 Å². The Morgan fingerprint density at radius 3 is 2.69 bits per heavy atom. The molecule has 150 valence electrons. The Hall–Kier alpha value is -2.85. The summed E-state index contributed by atoms with van der Waals surface area (Å²) in [6, 6.07) is 18.9. The standard InChI is InChI=1S/C13H14O3.C12H13N/c14-12(15)7-9-2-1-8-3-4-11-10(13(8)9)5-6-16-11;1-9(13)11-7-6-10-4-2-3-5-12(10)8-11/h3-4,9H,1-2,5-7H2,(H,14,15);2-9H,13H2,1H3/t2*9-/m10/s1. The molecule has 0 unspecified atom stereocenters. The number of fused-ring (bicyclic) bond motifs is 4. The monoisotopic (exact) mass is 389 g/mol. The molecule has 2 aliphatic rings. The van der Waals surface area contributed by atoms with Crippen molar-refractivity contribution in [3.63, 3.8) is 0 Å². The highest BCUT2D eigenvalue weighted by molar-refractivity contribution is 5.83. The van der Waals surface area contributed by atoms with Crippen molar-refractivity contribution in [2.45, 2.75) is 44.6 Å². The maximum Gasteiger partial charge on any atom is 0.303 e. The lowest BCUT2D eigenvalue weighted by Crippen LogP contribution is -2.05. The summed E-state index contributed by atoms with van der Waals surface area (Å²) in [4.78, 5) is 10.8. The van der Waals surface area contributed by atoms with Gasteiger partial charge in [-0.2, -0.15) is 0 Å². The highest BCUT2D eigenvalue weighted by Gasteiger charge is 2.30. The Morgan fingerprint density at radius 2 is 1.93 bits per heavy atom. The molecule has 0 spiro atoms. The molecule has 2 atom stereocenters. The first-order valence-electron chi connectivity index (χ1n) is 10.3. The zero-order valence-electron chi connectivity index (χ0n) is 16.7. The second kappa shape index (κ2) is 8.26. The minimum atomic E-state index is -0.700. The molecule has 1 heterocycles. The number of ether oxygens (including phenoxy) is 1. The van der Waals surface area contributed by atoms with Crippen LogP contribution in [0.2, 0.25) is 0 Å². The number of nitrogens with two attached hydrogens (primary N) is 1. The van der Waals surface area contributed by atoms with Gasteiger partial charge in [0.25, 0.3) is 0 Å². The van der Waals surface area contributed by atoms with Gasteiger partial charge in [-0.1, -0.05) is 42.5 Å². The van der Waals surface area contributed by atoms with E-state index in [2.05, 4.69) is 36.4 Å². The number of aliphatic carboxylic acids is 1. The fraction of sp³-hybridized carbons (Fsp3) is 0.320. The predicted molar refractivity (Wildman–Crippen MR) is 116 cm³/mol. The average molecular weight is 389 g/mol. The minimum absolute atomic E-state index is 0.115. The van der Waals surface area contributed by atoms with E-state index in [0.717, 1.165) is 31.6 Å². The predicted octanol–water partition coefficient (Wildman–Crippen LogP) is 4.99. The van der Waals surface area contributed by atoms with E-state index in [9.17, 15) is 4.79 Å². The molecule has 4 heteroatoms. The number of carboxylic acids is 1. The molecule has 0 radical (unpaired) electrons. The van der Waals surface area contributed by atoms with Crippen LogP contribution < -0.4 is 10.5 Å². The normalized spacial score (nSPS) is 17.7. The summed E-state index contributed by atoms with van der Waals surface area (Å²) in [7, 11) is 0. The van der Waals surface area contributed by atoms with Crippen LogP contribution in [0.5, 0.6) is 5.75 Å². The van der Waals surface area contributed by atoms with Crippen LogP contribution in [0.25, 0.3) is 10.8 Å². The van der Waals surface area contributed by atoms with E-state index in [0.29, 0.717) is 0 Å². The first-order chi connectivity index (χ1) is 14.0. The molecule has 0 fully saturated rings. The molecule has 0 aromatic heterocycles. The summed E-state index contributed by atoms with van der Waals surface area (Å²) >= 11 is 0. The molecule has 5 rings (SSSR count). The Bertz CT molecular complexity index is 1040. The minimum Gasteiger partial charge on any atom is -0.493 e. The van der Waals surface area contributed by atoms with Gasteiger partial charge >= 0.3 is 5.97 Å². The van der Waals surface area contributed by atoms with Crippen molar-refractivity contribution in [1.82, 2.24) is 0 Å². The smallest absolute Gasteiger partial charge is 0.303 e. The molecule has 1 aliphatic heterocycles. The summed E-state index contributed by atoms with van der Waals surface area (Å²) in [6.45, 7) is 2.75. The van der Waals surface area contributed by atoms with Gasteiger partial charge in [-0.15, -0.1) is 0 Å². The highest BCUT2D eigenvalue weighted by Crippen LogP contribution is 2.43. The van der Waals surface area contributed by atoms with Crippen molar-refractivity contribution >= 4 is 16.7 Å². The van der Waals surface area contributed by atoms with Gasteiger partial charge in [-0.05, 0) is 65.3 Å². The Balaban J connectivity index is 0.000000145. The lowest BCUT2D eigenvalue weighted by Gasteiger charge is -2.12. The van der Waals surface area contributed by atoms with Gasteiger partial charge in [-0.3, -0.25) is 4.79 Å². The van der Waals surface area contributed by atoms with E-state index < -0.39 is 5.97 Å². The lowest BCUT2D eigenvalue weighted by molar-refractivity contribution is -0.137. The molecule has 29 heavy (non-hydrogen) atoms. The molecular weight excluding hydrogens is 362 g/mol. The molecule has 3 aromatic carbocycles. The van der Waals surface area contributed by atoms with Crippen LogP contribution in [-0.4, -0.2) is 17.7 Å². The molecule has 0 saturated heterocycles. The molecule has 1 aliphatic carbocycles. The Labute approximate surface area is 171 Å². The number of carbonyl (C=O) groups is 1. The van der Waals surface area contributed by atoms with Crippen LogP contribution in [-0.2, 0) is 17.6 Å². The number of hydrogen-bond donors (Lipinski definition) is 2. The molecule has 0 bridgehead atoms. The third-order valence-electron chi connectivity index (χ3n) is 5.90. The quantitative estimate of drug-likeness (QED) is 0.662. The largest absolute Gasteiger partial charge is 0.493 e. The third-order valence-corrected chi connectivity index (χ3v) is 5.90. The van der Waals surface area contributed by atoms with Crippen LogP contribution in [0.3, 0.4) is 0 Å². The van der Waals surface area contributed by atoms with E-state index in [4.69, 9.17) is 15.6 Å². The maximum absolute atomic E-state index is 10.8. The molecule has 0 amide bonds. The fourth-order valence-corrected chi connectivity index (χ4v) is 4.46. The first kappa shape index (κ1) is 19.5. The maximum atomic E-state index is 10.8. The van der Waals surface area contributed by atoms with Gasteiger partial charge < -0.3 is 15.6 Å². The van der Waals surface area contributed by atoms with Crippen LogP contribution in [0, 0.1) is 0 Å². The van der Waals surface area contributed by atoms with Crippen molar-refractivity contribution in [1.29, 1.82) is 0 Å². The third kappa shape index (κ3) is 4.13. The number of aryl methyl sites for hydroxylation is 1. The van der Waals surface area contributed by atoms with Gasteiger partial charge in [-0.25, -0.2) is 0 Å². The molecule has 3 N–H and O–H groups in total. The van der Waals surface area contributed by atoms with E-state index in [1.807, 2.05) is 25.1 Å². The molecule has 0 saturated carbocycles. The summed E-state index contributed by atoms with van der Waals surface area (Å²) in [6.07, 6.45) is 3.18. The van der Waals surface area contributed by atoms with Crippen LogP contribution in [0.1, 0.15) is 54.0 Å². The zero-order valence-corrected chi connectivity index (χ0v) is 16.7. The topological polar surface area (TPSA) is 72.6 Å². The van der Waals surface area contributed by atoms with Crippen molar-refractivity contribution in [3.8, 4) is 5.75 Å². The number of carboxylic acid groups (broad SMARTS) is 1. The van der Waals surface area contributed by atoms with Gasteiger partial charge in [0.1, 0.15) is 5.75 Å². The SMILES string of the molecule is C[C@H](N)c1ccc2ccccc2c1.O=C(O)C[C@H]1CCc2ccc3c(c21)CCO3. The lowest BCUT2D eigenvalue weighted by atomic mass is 9.92.